The molecule has 1 atom stereocenters. The van der Waals surface area contributed by atoms with Crippen molar-refractivity contribution in [3.63, 3.8) is 0 Å². The number of hydrogen-bond acceptors (Lipinski definition) is 5. The zero-order valence-corrected chi connectivity index (χ0v) is 18.5. The number of amides is 1. The standard InChI is InChI=1S/C26H25N5O2/c1-18-10-14-31(30-15-12-20-4-2-3-5-23(20)30)26(33)22(18)8-6-19-7-9-24(28-16-19)29-13-11-21(17-29)25(27)32/h2-5,7,9-10,14,16,21H,11-13,15,17H2,1H3,(H2,27,32)/t21-/m1/s1. The summed E-state index contributed by atoms with van der Waals surface area (Å²) in [5.74, 6) is 6.57. The number of primary amides is 1. The number of nitrogens with zero attached hydrogens (tertiary/aromatic N) is 4. The molecule has 1 amide bonds. The van der Waals surface area contributed by atoms with Gasteiger partial charge in [0.25, 0.3) is 5.56 Å². The zero-order chi connectivity index (χ0) is 22.9. The van der Waals surface area contributed by atoms with Gasteiger partial charge in [0.05, 0.1) is 17.2 Å². The predicted molar refractivity (Wildman–Crippen MR) is 128 cm³/mol. The second-order valence-electron chi connectivity index (χ2n) is 8.51. The average molecular weight is 440 g/mol. The van der Waals surface area contributed by atoms with Gasteiger partial charge in [-0.2, -0.15) is 0 Å². The van der Waals surface area contributed by atoms with Crippen LogP contribution in [-0.2, 0) is 11.2 Å². The first-order valence-corrected chi connectivity index (χ1v) is 11.1. The van der Waals surface area contributed by atoms with Crippen LogP contribution in [0.4, 0.5) is 11.5 Å². The first-order chi connectivity index (χ1) is 16.0. The SMILES string of the molecule is Cc1ccn(N2CCc3ccccc32)c(=O)c1C#Cc1ccc(N2CC[C@@H](C(N)=O)C2)nc1. The molecule has 7 nitrogen and oxygen atoms in total. The van der Waals surface area contributed by atoms with Crippen LogP contribution in [0.3, 0.4) is 0 Å². The summed E-state index contributed by atoms with van der Waals surface area (Å²) in [6.45, 7) is 4.01. The molecule has 0 spiro atoms. The molecule has 2 N–H and O–H groups in total. The van der Waals surface area contributed by atoms with Crippen molar-refractivity contribution in [2.45, 2.75) is 19.8 Å². The fraction of sp³-hybridized carbons (Fsp3) is 0.269. The minimum atomic E-state index is -0.263. The van der Waals surface area contributed by atoms with Crippen LogP contribution in [-0.4, -0.2) is 35.2 Å². The molecule has 1 fully saturated rings. The van der Waals surface area contributed by atoms with Crippen LogP contribution in [0, 0.1) is 24.7 Å². The largest absolute Gasteiger partial charge is 0.369 e. The summed E-state index contributed by atoms with van der Waals surface area (Å²) in [7, 11) is 0. The molecule has 0 saturated carbocycles. The molecule has 4 heterocycles. The maximum Gasteiger partial charge on any atom is 0.285 e. The van der Waals surface area contributed by atoms with E-state index in [9.17, 15) is 9.59 Å². The predicted octanol–water partition coefficient (Wildman–Crippen LogP) is 2.09. The van der Waals surface area contributed by atoms with Gasteiger partial charge in [0.15, 0.2) is 0 Å². The minimum absolute atomic E-state index is 0.127. The van der Waals surface area contributed by atoms with Crippen LogP contribution in [0.1, 0.15) is 28.7 Å². The molecule has 1 saturated heterocycles. The van der Waals surface area contributed by atoms with Gasteiger partial charge in [-0.25, -0.2) is 9.66 Å². The lowest BCUT2D eigenvalue weighted by Gasteiger charge is -2.22. The number of benzene rings is 1. The van der Waals surface area contributed by atoms with E-state index in [4.69, 9.17) is 5.73 Å². The van der Waals surface area contributed by atoms with Gasteiger partial charge in [-0.3, -0.25) is 14.6 Å². The van der Waals surface area contributed by atoms with Gasteiger partial charge in [-0.05, 0) is 55.2 Å². The van der Waals surface area contributed by atoms with Crippen LogP contribution in [0.25, 0.3) is 0 Å². The van der Waals surface area contributed by atoms with Crippen molar-refractivity contribution < 1.29 is 4.79 Å². The van der Waals surface area contributed by atoms with E-state index in [1.807, 2.05) is 54.5 Å². The van der Waals surface area contributed by atoms with Crippen LogP contribution >= 0.6 is 0 Å². The lowest BCUT2D eigenvalue weighted by Crippen LogP contribution is -2.38. The number of carbonyl (C=O) groups excluding carboxylic acids is 1. The summed E-state index contributed by atoms with van der Waals surface area (Å²) in [6, 6.07) is 13.9. The lowest BCUT2D eigenvalue weighted by molar-refractivity contribution is -0.121. The number of hydrogen-bond donors (Lipinski definition) is 1. The molecule has 33 heavy (non-hydrogen) atoms. The highest BCUT2D eigenvalue weighted by Crippen LogP contribution is 2.27. The van der Waals surface area contributed by atoms with E-state index in [2.05, 4.69) is 27.8 Å². The third-order valence-corrected chi connectivity index (χ3v) is 6.40. The normalized spacial score (nSPS) is 16.9. The molecule has 2 aliphatic rings. The van der Waals surface area contributed by atoms with Crippen LogP contribution in [0.15, 0.2) is 59.7 Å². The highest BCUT2D eigenvalue weighted by Gasteiger charge is 2.27. The van der Waals surface area contributed by atoms with Gasteiger partial charge in [0, 0.05) is 37.6 Å². The Hall–Kier alpha value is -4.05. The Labute approximate surface area is 192 Å². The molecular weight excluding hydrogens is 414 g/mol. The monoisotopic (exact) mass is 439 g/mol. The molecule has 5 rings (SSSR count). The molecule has 1 aromatic carbocycles. The van der Waals surface area contributed by atoms with E-state index in [1.165, 1.54) is 5.56 Å². The topological polar surface area (TPSA) is 84.5 Å². The van der Waals surface area contributed by atoms with Gasteiger partial charge in [-0.1, -0.05) is 30.0 Å². The maximum absolute atomic E-state index is 13.3. The maximum atomic E-state index is 13.3. The summed E-state index contributed by atoms with van der Waals surface area (Å²) < 4.78 is 1.66. The lowest BCUT2D eigenvalue weighted by atomic mass is 10.1. The van der Waals surface area contributed by atoms with Gasteiger partial charge in [-0.15, -0.1) is 0 Å². The molecule has 7 heteroatoms. The molecule has 0 bridgehead atoms. The second kappa shape index (κ2) is 8.47. The van der Waals surface area contributed by atoms with E-state index >= 15 is 0 Å². The molecule has 0 unspecified atom stereocenters. The molecule has 0 aliphatic carbocycles. The Morgan fingerprint density at radius 1 is 1.12 bits per heavy atom. The van der Waals surface area contributed by atoms with E-state index in [0.717, 1.165) is 48.6 Å². The van der Waals surface area contributed by atoms with Crippen molar-refractivity contribution in [3.05, 3.63) is 87.5 Å². The number of pyridine rings is 2. The van der Waals surface area contributed by atoms with E-state index in [-0.39, 0.29) is 17.4 Å². The zero-order valence-electron chi connectivity index (χ0n) is 18.5. The number of fused-ring (bicyclic) bond motifs is 1. The van der Waals surface area contributed by atoms with E-state index in [1.54, 1.807) is 10.9 Å². The number of carbonyl (C=O) groups is 1. The average Bonchev–Trinajstić information content (AvgIpc) is 3.48. The fourth-order valence-electron chi connectivity index (χ4n) is 4.49. The van der Waals surface area contributed by atoms with E-state index in [0.29, 0.717) is 12.1 Å². The van der Waals surface area contributed by atoms with Gasteiger partial charge in [0.1, 0.15) is 5.82 Å². The van der Waals surface area contributed by atoms with Crippen molar-refractivity contribution in [2.24, 2.45) is 11.7 Å². The summed E-state index contributed by atoms with van der Waals surface area (Å²) >= 11 is 0. The Morgan fingerprint density at radius 3 is 2.73 bits per heavy atom. The molecule has 3 aromatic rings. The van der Waals surface area contributed by atoms with Gasteiger partial charge in [0.2, 0.25) is 5.91 Å². The van der Waals surface area contributed by atoms with Gasteiger partial charge >= 0.3 is 0 Å². The smallest absolute Gasteiger partial charge is 0.285 e. The Balaban J connectivity index is 1.39. The van der Waals surface area contributed by atoms with Crippen molar-refractivity contribution in [3.8, 4) is 11.8 Å². The number of rotatable bonds is 3. The summed E-state index contributed by atoms with van der Waals surface area (Å²) in [4.78, 5) is 31.2. The minimum Gasteiger partial charge on any atom is -0.369 e. The summed E-state index contributed by atoms with van der Waals surface area (Å²) in [5, 5.41) is 2.01. The van der Waals surface area contributed by atoms with Crippen molar-refractivity contribution in [1.82, 2.24) is 9.66 Å². The fourth-order valence-corrected chi connectivity index (χ4v) is 4.49. The number of para-hydroxylation sites is 1. The molecule has 166 valence electrons. The van der Waals surface area contributed by atoms with Crippen molar-refractivity contribution in [1.29, 1.82) is 0 Å². The summed E-state index contributed by atoms with van der Waals surface area (Å²) in [5.41, 5.74) is 9.64. The molecular formula is C26H25N5O2. The first kappa shape index (κ1) is 20.8. The highest BCUT2D eigenvalue weighted by atomic mass is 16.1. The van der Waals surface area contributed by atoms with Crippen molar-refractivity contribution >= 4 is 17.4 Å². The van der Waals surface area contributed by atoms with E-state index < -0.39 is 0 Å². The number of aryl methyl sites for hydroxylation is 1. The Bertz CT molecular complexity index is 1330. The first-order valence-electron chi connectivity index (χ1n) is 11.1. The van der Waals surface area contributed by atoms with Crippen LogP contribution < -0.4 is 21.2 Å². The summed E-state index contributed by atoms with van der Waals surface area (Å²) in [6.07, 6.45) is 5.18. The van der Waals surface area contributed by atoms with Crippen LogP contribution in [0.2, 0.25) is 0 Å². The Morgan fingerprint density at radius 2 is 1.97 bits per heavy atom. The molecule has 2 aromatic heterocycles. The second-order valence-corrected chi connectivity index (χ2v) is 8.51. The van der Waals surface area contributed by atoms with Crippen molar-refractivity contribution in [2.75, 3.05) is 29.5 Å². The molecule has 2 aliphatic heterocycles. The quantitative estimate of drug-likeness (QED) is 0.632. The number of aromatic nitrogens is 2. The van der Waals surface area contributed by atoms with Crippen LogP contribution in [0.5, 0.6) is 0 Å². The third kappa shape index (κ3) is 3.96. The number of nitrogens with two attached hydrogens (primary N) is 1. The Kier molecular flexibility index (Phi) is 5.35. The molecule has 0 radical (unpaired) electrons. The van der Waals surface area contributed by atoms with Gasteiger partial charge < -0.3 is 10.6 Å². The highest BCUT2D eigenvalue weighted by molar-refractivity contribution is 5.78. The third-order valence-electron chi connectivity index (χ3n) is 6.40. The number of anilines is 2.